The van der Waals surface area contributed by atoms with Crippen LogP contribution in [-0.4, -0.2) is 53.7 Å². The van der Waals surface area contributed by atoms with Gasteiger partial charge in [-0.05, 0) is 42.8 Å². The van der Waals surface area contributed by atoms with Crippen LogP contribution in [-0.2, 0) is 17.8 Å². The van der Waals surface area contributed by atoms with Gasteiger partial charge in [-0.15, -0.1) is 0 Å². The number of pyridine rings is 1. The van der Waals surface area contributed by atoms with Crippen LogP contribution < -0.4 is 0 Å². The highest BCUT2D eigenvalue weighted by molar-refractivity contribution is 5.09. The Morgan fingerprint density at radius 3 is 2.75 bits per heavy atom. The highest BCUT2D eigenvalue weighted by Crippen LogP contribution is 2.25. The number of likely N-dealkylation sites (tertiary alicyclic amines) is 1. The van der Waals surface area contributed by atoms with Crippen LogP contribution in [0.3, 0.4) is 0 Å². The first-order valence-electron chi connectivity index (χ1n) is 8.84. The van der Waals surface area contributed by atoms with E-state index in [1.54, 1.807) is 6.26 Å². The van der Waals surface area contributed by atoms with Gasteiger partial charge in [-0.1, -0.05) is 0 Å². The van der Waals surface area contributed by atoms with E-state index in [9.17, 15) is 0 Å². The summed E-state index contributed by atoms with van der Waals surface area (Å²) in [6.07, 6.45) is 7.04. The van der Waals surface area contributed by atoms with Crippen molar-refractivity contribution in [2.24, 2.45) is 5.92 Å². The van der Waals surface area contributed by atoms with E-state index in [-0.39, 0.29) is 0 Å². The zero-order chi connectivity index (χ0) is 16.2. The molecule has 0 unspecified atom stereocenters. The lowest BCUT2D eigenvalue weighted by molar-refractivity contribution is -0.0256. The third kappa shape index (κ3) is 3.86. The minimum absolute atomic E-state index is 0.344. The van der Waals surface area contributed by atoms with E-state index < -0.39 is 0 Å². The Hall–Kier alpha value is -1.69. The number of aromatic nitrogens is 1. The van der Waals surface area contributed by atoms with Crippen molar-refractivity contribution in [1.82, 2.24) is 14.8 Å². The smallest absolute Gasteiger partial charge is 0.117 e. The monoisotopic (exact) mass is 327 g/mol. The summed E-state index contributed by atoms with van der Waals surface area (Å²) < 4.78 is 11.7. The predicted octanol–water partition coefficient (Wildman–Crippen LogP) is 2.40. The summed E-state index contributed by atoms with van der Waals surface area (Å²) in [5, 5.41) is 0. The SMILES string of the molecule is c1coc(CN2CC[C@H]3CN(Cc4ccncc4)CCO[C@H]3C2)c1. The van der Waals surface area contributed by atoms with Crippen molar-refractivity contribution in [3.05, 3.63) is 54.2 Å². The second kappa shape index (κ2) is 7.47. The summed E-state index contributed by atoms with van der Waals surface area (Å²) in [6, 6.07) is 8.22. The molecule has 4 heterocycles. The molecule has 24 heavy (non-hydrogen) atoms. The fourth-order valence-electron chi connectivity index (χ4n) is 3.84. The molecular formula is C19H25N3O2. The highest BCUT2D eigenvalue weighted by atomic mass is 16.5. The quantitative estimate of drug-likeness (QED) is 0.862. The summed E-state index contributed by atoms with van der Waals surface area (Å²) >= 11 is 0. The molecule has 0 amide bonds. The van der Waals surface area contributed by atoms with Gasteiger partial charge in [0.2, 0.25) is 0 Å². The Labute approximate surface area is 143 Å². The molecule has 4 rings (SSSR count). The van der Waals surface area contributed by atoms with Crippen molar-refractivity contribution in [3.63, 3.8) is 0 Å². The van der Waals surface area contributed by atoms with Gasteiger partial charge in [0.25, 0.3) is 0 Å². The van der Waals surface area contributed by atoms with Crippen LogP contribution in [0.5, 0.6) is 0 Å². The summed E-state index contributed by atoms with van der Waals surface area (Å²) in [6.45, 7) is 6.96. The van der Waals surface area contributed by atoms with E-state index in [0.29, 0.717) is 12.0 Å². The first-order valence-corrected chi connectivity index (χ1v) is 8.84. The Bertz CT molecular complexity index is 617. The largest absolute Gasteiger partial charge is 0.468 e. The number of ether oxygens (including phenoxy) is 1. The summed E-state index contributed by atoms with van der Waals surface area (Å²) in [4.78, 5) is 9.09. The van der Waals surface area contributed by atoms with Crippen LogP contribution in [0.25, 0.3) is 0 Å². The molecule has 128 valence electrons. The van der Waals surface area contributed by atoms with Crippen LogP contribution in [0.4, 0.5) is 0 Å². The van der Waals surface area contributed by atoms with Gasteiger partial charge in [-0.25, -0.2) is 0 Å². The van der Waals surface area contributed by atoms with Gasteiger partial charge in [-0.2, -0.15) is 0 Å². The lowest BCUT2D eigenvalue weighted by atomic mass is 9.93. The lowest BCUT2D eigenvalue weighted by Gasteiger charge is -2.37. The first kappa shape index (κ1) is 15.8. The molecule has 0 saturated carbocycles. The number of hydrogen-bond acceptors (Lipinski definition) is 5. The average Bonchev–Trinajstić information content (AvgIpc) is 3.02. The van der Waals surface area contributed by atoms with Crippen molar-refractivity contribution in [2.45, 2.75) is 25.6 Å². The van der Waals surface area contributed by atoms with Crippen molar-refractivity contribution in [1.29, 1.82) is 0 Å². The van der Waals surface area contributed by atoms with Crippen molar-refractivity contribution >= 4 is 0 Å². The molecule has 2 aromatic heterocycles. The molecule has 0 aromatic carbocycles. The van der Waals surface area contributed by atoms with Gasteiger partial charge in [0.15, 0.2) is 0 Å². The minimum Gasteiger partial charge on any atom is -0.468 e. The zero-order valence-corrected chi connectivity index (χ0v) is 14.0. The normalized spacial score (nSPS) is 26.0. The van der Waals surface area contributed by atoms with E-state index in [0.717, 1.165) is 51.6 Å². The van der Waals surface area contributed by atoms with Crippen LogP contribution >= 0.6 is 0 Å². The van der Waals surface area contributed by atoms with Crippen LogP contribution in [0, 0.1) is 5.92 Å². The van der Waals surface area contributed by atoms with E-state index in [4.69, 9.17) is 9.15 Å². The third-order valence-electron chi connectivity index (χ3n) is 5.13. The molecule has 2 aliphatic rings. The number of rotatable bonds is 4. The molecule has 2 fully saturated rings. The third-order valence-corrected chi connectivity index (χ3v) is 5.13. The molecule has 0 radical (unpaired) electrons. The van der Waals surface area contributed by atoms with E-state index >= 15 is 0 Å². The van der Waals surface area contributed by atoms with Crippen molar-refractivity contribution in [2.75, 3.05) is 32.8 Å². The number of hydrogen-bond donors (Lipinski definition) is 0. The maximum atomic E-state index is 6.20. The lowest BCUT2D eigenvalue weighted by Crippen LogP contribution is -2.46. The molecule has 5 nitrogen and oxygen atoms in total. The van der Waals surface area contributed by atoms with E-state index in [2.05, 4.69) is 33.0 Å². The van der Waals surface area contributed by atoms with Gasteiger partial charge in [-0.3, -0.25) is 14.8 Å². The van der Waals surface area contributed by atoms with Gasteiger partial charge in [0, 0.05) is 44.5 Å². The maximum absolute atomic E-state index is 6.20. The number of furan rings is 1. The second-order valence-corrected chi connectivity index (χ2v) is 6.86. The van der Waals surface area contributed by atoms with Gasteiger partial charge < -0.3 is 9.15 Å². The number of nitrogens with zero attached hydrogens (tertiary/aromatic N) is 3. The van der Waals surface area contributed by atoms with Crippen LogP contribution in [0.15, 0.2) is 47.3 Å². The Morgan fingerprint density at radius 1 is 1.04 bits per heavy atom. The Kier molecular flexibility index (Phi) is 4.92. The topological polar surface area (TPSA) is 41.7 Å². The van der Waals surface area contributed by atoms with Crippen LogP contribution in [0.2, 0.25) is 0 Å². The average molecular weight is 327 g/mol. The summed E-state index contributed by atoms with van der Waals surface area (Å²) in [7, 11) is 0. The van der Waals surface area contributed by atoms with Gasteiger partial charge in [0.1, 0.15) is 5.76 Å². The summed E-state index contributed by atoms with van der Waals surface area (Å²) in [5.74, 6) is 1.67. The molecule has 2 aromatic rings. The van der Waals surface area contributed by atoms with E-state index in [1.807, 2.05) is 18.5 Å². The summed E-state index contributed by atoms with van der Waals surface area (Å²) in [5.41, 5.74) is 1.33. The van der Waals surface area contributed by atoms with Crippen molar-refractivity contribution in [3.8, 4) is 0 Å². The predicted molar refractivity (Wildman–Crippen MR) is 91.3 cm³/mol. The fourth-order valence-corrected chi connectivity index (χ4v) is 3.84. The maximum Gasteiger partial charge on any atom is 0.117 e. The fraction of sp³-hybridized carbons (Fsp3) is 0.526. The molecule has 2 saturated heterocycles. The molecule has 2 atom stereocenters. The standard InChI is InChI=1S/C19H25N3O2/c1-2-18(23-10-1)14-21-8-5-17-13-22(9-11-24-19(17)15-21)12-16-3-6-20-7-4-16/h1-4,6-7,10,17,19H,5,8-9,11-15H2/t17-,19-/m0/s1. The molecule has 0 bridgehead atoms. The number of piperidine rings is 1. The zero-order valence-electron chi connectivity index (χ0n) is 14.0. The molecule has 0 spiro atoms. The molecule has 5 heteroatoms. The minimum atomic E-state index is 0.344. The Balaban J connectivity index is 1.34. The highest BCUT2D eigenvalue weighted by Gasteiger charge is 2.33. The second-order valence-electron chi connectivity index (χ2n) is 6.86. The first-order chi connectivity index (χ1) is 11.9. The van der Waals surface area contributed by atoms with Crippen LogP contribution in [0.1, 0.15) is 17.7 Å². The number of fused-ring (bicyclic) bond motifs is 1. The van der Waals surface area contributed by atoms with E-state index in [1.165, 1.54) is 12.0 Å². The van der Waals surface area contributed by atoms with Crippen molar-refractivity contribution < 1.29 is 9.15 Å². The molecule has 0 N–H and O–H groups in total. The Morgan fingerprint density at radius 2 is 1.92 bits per heavy atom. The molecular weight excluding hydrogens is 302 g/mol. The van der Waals surface area contributed by atoms with Gasteiger partial charge in [0.05, 0.1) is 25.5 Å². The molecule has 2 aliphatic heterocycles. The van der Waals surface area contributed by atoms with Gasteiger partial charge >= 0.3 is 0 Å². The molecule has 0 aliphatic carbocycles.